The summed E-state index contributed by atoms with van der Waals surface area (Å²) in [7, 11) is -2.51. The minimum absolute atomic E-state index is 0.0721. The van der Waals surface area contributed by atoms with E-state index in [2.05, 4.69) is 0 Å². The van der Waals surface area contributed by atoms with Crippen LogP contribution in [0.1, 0.15) is 56.3 Å². The molecule has 1 aliphatic rings. The monoisotopic (exact) mass is 344 g/mol. The smallest absolute Gasteiger partial charge is 0.306 e. The van der Waals surface area contributed by atoms with E-state index in [9.17, 15) is 13.2 Å². The summed E-state index contributed by atoms with van der Waals surface area (Å²) in [6, 6.07) is 5.28. The molecule has 4 nitrogen and oxygen atoms in total. The average molecular weight is 345 g/mol. The maximum absolute atomic E-state index is 11.7. The van der Waals surface area contributed by atoms with Gasteiger partial charge in [0.25, 0.3) is 0 Å². The third-order valence-electron chi connectivity index (χ3n) is 4.08. The topological polar surface area (TPSA) is 60.4 Å². The van der Waals surface area contributed by atoms with Crippen LogP contribution >= 0.6 is 11.6 Å². The molecule has 0 bridgehead atoms. The Kier molecular flexibility index (Phi) is 6.26. The summed E-state index contributed by atoms with van der Waals surface area (Å²) in [6.07, 6.45) is 4.41. The number of carbonyl (C=O) groups excluding carboxylic acids is 1. The van der Waals surface area contributed by atoms with Crippen LogP contribution in [-0.4, -0.2) is 14.4 Å². The lowest BCUT2D eigenvalue weighted by Gasteiger charge is -2.24. The number of hydrogen-bond donors (Lipinski definition) is 1. The second kappa shape index (κ2) is 7.97. The molecule has 0 radical (unpaired) electrons. The fourth-order valence-electron chi connectivity index (χ4n) is 2.93. The first-order valence-corrected chi connectivity index (χ1v) is 9.35. The SMILES string of the molecule is CCC(=O)OC(c1ccc(C[SH](=O)=O)c(Cl)c1)C1CCCC1. The zero-order chi connectivity index (χ0) is 16.1. The zero-order valence-electron chi connectivity index (χ0n) is 12.6. The van der Waals surface area contributed by atoms with Crippen molar-refractivity contribution in [2.75, 3.05) is 0 Å². The van der Waals surface area contributed by atoms with Crippen molar-refractivity contribution in [3.63, 3.8) is 0 Å². The molecule has 0 aliphatic heterocycles. The van der Waals surface area contributed by atoms with Crippen LogP contribution < -0.4 is 0 Å². The number of benzene rings is 1. The molecule has 0 heterocycles. The molecule has 1 atom stereocenters. The molecule has 1 unspecified atom stereocenters. The van der Waals surface area contributed by atoms with E-state index in [-0.39, 0.29) is 17.8 Å². The van der Waals surface area contributed by atoms with Crippen molar-refractivity contribution in [1.29, 1.82) is 0 Å². The summed E-state index contributed by atoms with van der Waals surface area (Å²) in [5.74, 6) is 0.0189. The zero-order valence-corrected chi connectivity index (χ0v) is 14.2. The second-order valence-corrected chi connectivity index (χ2v) is 7.04. The molecule has 0 spiro atoms. The van der Waals surface area contributed by atoms with Crippen LogP contribution in [0.2, 0.25) is 5.02 Å². The molecule has 0 N–H and O–H groups in total. The molecule has 22 heavy (non-hydrogen) atoms. The third-order valence-corrected chi connectivity index (χ3v) is 5.03. The summed E-state index contributed by atoms with van der Waals surface area (Å²) in [5, 5.41) is 0.409. The van der Waals surface area contributed by atoms with Crippen LogP contribution in [0, 0.1) is 5.92 Å². The Balaban J connectivity index is 2.26. The van der Waals surface area contributed by atoms with Crippen molar-refractivity contribution in [2.24, 2.45) is 5.92 Å². The van der Waals surface area contributed by atoms with Gasteiger partial charge in [-0.25, -0.2) is 8.42 Å². The summed E-state index contributed by atoms with van der Waals surface area (Å²) in [6.45, 7) is 1.77. The fourth-order valence-corrected chi connectivity index (χ4v) is 3.83. The minimum atomic E-state index is -2.51. The molecule has 1 saturated carbocycles. The fraction of sp³-hybridized carbons (Fsp3) is 0.562. The maximum Gasteiger partial charge on any atom is 0.306 e. The predicted molar refractivity (Wildman–Crippen MR) is 86.6 cm³/mol. The quantitative estimate of drug-likeness (QED) is 0.632. The van der Waals surface area contributed by atoms with E-state index in [4.69, 9.17) is 16.3 Å². The van der Waals surface area contributed by atoms with Crippen LogP contribution in [0.4, 0.5) is 0 Å². The van der Waals surface area contributed by atoms with Gasteiger partial charge in [0.1, 0.15) is 16.8 Å². The Morgan fingerprint density at radius 3 is 2.59 bits per heavy atom. The summed E-state index contributed by atoms with van der Waals surface area (Å²) < 4.78 is 27.3. The van der Waals surface area contributed by atoms with E-state index in [0.29, 0.717) is 22.9 Å². The van der Waals surface area contributed by atoms with E-state index >= 15 is 0 Å². The number of thiol groups is 1. The van der Waals surface area contributed by atoms with Crippen molar-refractivity contribution >= 4 is 28.3 Å². The van der Waals surface area contributed by atoms with Crippen LogP contribution in [0.25, 0.3) is 0 Å². The lowest BCUT2D eigenvalue weighted by molar-refractivity contribution is -0.152. The molecule has 0 saturated heterocycles. The van der Waals surface area contributed by atoms with Gasteiger partial charge in [-0.3, -0.25) is 4.79 Å². The van der Waals surface area contributed by atoms with Gasteiger partial charge in [-0.05, 0) is 30.0 Å². The molecule has 1 aromatic rings. The van der Waals surface area contributed by atoms with E-state index in [1.54, 1.807) is 19.1 Å². The van der Waals surface area contributed by atoms with E-state index < -0.39 is 10.7 Å². The van der Waals surface area contributed by atoms with Gasteiger partial charge in [0.05, 0.1) is 5.75 Å². The number of hydrogen-bond acceptors (Lipinski definition) is 4. The number of ether oxygens (including phenoxy) is 1. The van der Waals surface area contributed by atoms with Gasteiger partial charge >= 0.3 is 5.97 Å². The number of carbonyl (C=O) groups is 1. The predicted octanol–water partition coefficient (Wildman–Crippen LogP) is 3.64. The molecule has 0 amide bonds. The maximum atomic E-state index is 11.7. The van der Waals surface area contributed by atoms with Gasteiger partial charge < -0.3 is 4.74 Å². The lowest BCUT2D eigenvalue weighted by Crippen LogP contribution is -2.17. The molecule has 2 rings (SSSR count). The van der Waals surface area contributed by atoms with Crippen LogP contribution in [0.3, 0.4) is 0 Å². The average Bonchev–Trinajstić information content (AvgIpc) is 3.00. The summed E-state index contributed by atoms with van der Waals surface area (Å²) in [4.78, 5) is 11.7. The lowest BCUT2D eigenvalue weighted by atomic mass is 9.93. The molecular weight excluding hydrogens is 324 g/mol. The minimum Gasteiger partial charge on any atom is -0.457 e. The summed E-state index contributed by atoms with van der Waals surface area (Å²) in [5.41, 5.74) is 1.43. The highest BCUT2D eigenvalue weighted by molar-refractivity contribution is 7.71. The third kappa shape index (κ3) is 4.46. The van der Waals surface area contributed by atoms with Crippen molar-refractivity contribution in [3.05, 3.63) is 34.3 Å². The van der Waals surface area contributed by atoms with E-state index in [1.165, 1.54) is 0 Å². The molecule has 0 aromatic heterocycles. The van der Waals surface area contributed by atoms with Gasteiger partial charge in [-0.1, -0.05) is 43.5 Å². The highest BCUT2D eigenvalue weighted by atomic mass is 35.5. The first-order valence-electron chi connectivity index (χ1n) is 7.61. The standard InChI is InChI=1S/C16H21ClO4S/c1-2-15(18)21-16(11-5-3-4-6-11)12-7-8-13(10-22(19)20)14(17)9-12/h7-9,11,16,22H,2-6,10H2,1H3. The highest BCUT2D eigenvalue weighted by Crippen LogP contribution is 2.39. The Hall–Kier alpha value is -1.07. The first-order chi connectivity index (χ1) is 10.5. The van der Waals surface area contributed by atoms with E-state index in [1.807, 2.05) is 6.07 Å². The number of halogens is 1. The van der Waals surface area contributed by atoms with Gasteiger partial charge in [-0.2, -0.15) is 0 Å². The molecule has 1 fully saturated rings. The molecule has 1 aliphatic carbocycles. The van der Waals surface area contributed by atoms with Gasteiger partial charge in [0.15, 0.2) is 0 Å². The number of rotatable bonds is 6. The Labute approximate surface area is 137 Å². The Morgan fingerprint density at radius 2 is 2.05 bits per heavy atom. The summed E-state index contributed by atoms with van der Waals surface area (Å²) >= 11 is 6.19. The normalized spacial score (nSPS) is 16.9. The highest BCUT2D eigenvalue weighted by Gasteiger charge is 2.29. The second-order valence-electron chi connectivity index (χ2n) is 5.65. The van der Waals surface area contributed by atoms with Gasteiger partial charge in [0, 0.05) is 17.4 Å². The largest absolute Gasteiger partial charge is 0.457 e. The van der Waals surface area contributed by atoms with Crippen LogP contribution in [0.5, 0.6) is 0 Å². The van der Waals surface area contributed by atoms with Crippen molar-refractivity contribution in [2.45, 2.75) is 50.9 Å². The van der Waals surface area contributed by atoms with Crippen molar-refractivity contribution in [1.82, 2.24) is 0 Å². The molecule has 1 aromatic carbocycles. The number of esters is 1. The molecule has 6 heteroatoms. The van der Waals surface area contributed by atoms with Gasteiger partial charge in [-0.15, -0.1) is 0 Å². The molecular formula is C16H21ClO4S. The van der Waals surface area contributed by atoms with E-state index in [0.717, 1.165) is 31.2 Å². The van der Waals surface area contributed by atoms with Crippen LogP contribution in [-0.2, 0) is 26.0 Å². The Bertz CT molecular complexity index is 598. The van der Waals surface area contributed by atoms with Crippen molar-refractivity contribution in [3.8, 4) is 0 Å². The molecule has 122 valence electrons. The van der Waals surface area contributed by atoms with Gasteiger partial charge in [0.2, 0.25) is 0 Å². The Morgan fingerprint density at radius 1 is 1.36 bits per heavy atom. The first kappa shape index (κ1) is 17.3. The van der Waals surface area contributed by atoms with Crippen molar-refractivity contribution < 1.29 is 17.9 Å². The van der Waals surface area contributed by atoms with Crippen LogP contribution in [0.15, 0.2) is 18.2 Å².